The summed E-state index contributed by atoms with van der Waals surface area (Å²) in [5.74, 6) is 2.72. The van der Waals surface area contributed by atoms with Crippen molar-refractivity contribution in [2.75, 3.05) is 45.8 Å². The summed E-state index contributed by atoms with van der Waals surface area (Å²) in [5.41, 5.74) is 0. The van der Waals surface area contributed by atoms with Crippen molar-refractivity contribution in [3.63, 3.8) is 0 Å². The summed E-state index contributed by atoms with van der Waals surface area (Å²) >= 11 is 0. The van der Waals surface area contributed by atoms with Crippen LogP contribution in [0.2, 0.25) is 0 Å². The van der Waals surface area contributed by atoms with Crippen molar-refractivity contribution in [1.82, 2.24) is 20.0 Å². The standard InChI is InChI=1S/C27H50N4O2/c1-20(2)17-24-26(32)31(16-11-28-24)25(18-21(3)4)27(33)30-14-9-23(10-15-30)8-13-29-12-6-7-22(5)19-29/h20-25,28H,6-19H2,1-5H3/t22-,24+,25+/m1/s1. The van der Waals surface area contributed by atoms with E-state index in [1.54, 1.807) is 0 Å². The first-order valence-electron chi connectivity index (χ1n) is 13.8. The van der Waals surface area contributed by atoms with E-state index in [4.69, 9.17) is 0 Å². The lowest BCUT2D eigenvalue weighted by Crippen LogP contribution is -2.62. The fourth-order valence-electron chi connectivity index (χ4n) is 6.04. The molecule has 0 spiro atoms. The van der Waals surface area contributed by atoms with E-state index in [0.29, 0.717) is 18.4 Å². The Labute approximate surface area is 202 Å². The van der Waals surface area contributed by atoms with Gasteiger partial charge in [0, 0.05) is 32.7 Å². The average molecular weight is 463 g/mol. The highest BCUT2D eigenvalue weighted by molar-refractivity contribution is 5.90. The van der Waals surface area contributed by atoms with Gasteiger partial charge in [-0.15, -0.1) is 0 Å². The van der Waals surface area contributed by atoms with Crippen molar-refractivity contribution in [3.8, 4) is 0 Å². The molecule has 0 aromatic rings. The summed E-state index contributed by atoms with van der Waals surface area (Å²) in [6.45, 7) is 17.8. The molecule has 3 rings (SSSR count). The molecule has 0 aliphatic carbocycles. The number of rotatable bonds is 9. The van der Waals surface area contributed by atoms with Gasteiger partial charge in [0.15, 0.2) is 0 Å². The number of hydrogen-bond acceptors (Lipinski definition) is 4. The summed E-state index contributed by atoms with van der Waals surface area (Å²) in [7, 11) is 0. The Bertz CT molecular complexity index is 630. The maximum absolute atomic E-state index is 13.7. The third-order valence-electron chi connectivity index (χ3n) is 7.91. The molecular weight excluding hydrogens is 412 g/mol. The molecule has 0 radical (unpaired) electrons. The number of carbonyl (C=O) groups is 2. The molecule has 3 aliphatic heterocycles. The highest BCUT2D eigenvalue weighted by Gasteiger charge is 2.39. The SMILES string of the molecule is CC(C)C[C@@H]1NCCN([C@@H](CC(C)C)C(=O)N2CCC(CCN3CCC[C@@H](C)C3)CC2)C1=O. The molecule has 3 aliphatic rings. The second kappa shape index (κ2) is 12.5. The molecule has 190 valence electrons. The minimum absolute atomic E-state index is 0.125. The van der Waals surface area contributed by atoms with E-state index in [-0.39, 0.29) is 23.9 Å². The van der Waals surface area contributed by atoms with Crippen molar-refractivity contribution < 1.29 is 9.59 Å². The van der Waals surface area contributed by atoms with Gasteiger partial charge in [0.25, 0.3) is 0 Å². The number of piperazine rings is 1. The van der Waals surface area contributed by atoms with Crippen molar-refractivity contribution in [3.05, 3.63) is 0 Å². The van der Waals surface area contributed by atoms with Crippen LogP contribution < -0.4 is 5.32 Å². The van der Waals surface area contributed by atoms with Crippen LogP contribution in [0, 0.1) is 23.7 Å². The molecule has 3 fully saturated rings. The van der Waals surface area contributed by atoms with Gasteiger partial charge in [-0.2, -0.15) is 0 Å². The van der Waals surface area contributed by atoms with Gasteiger partial charge in [-0.25, -0.2) is 0 Å². The monoisotopic (exact) mass is 462 g/mol. The lowest BCUT2D eigenvalue weighted by molar-refractivity contribution is -0.150. The Kier molecular flexibility index (Phi) is 10.0. The van der Waals surface area contributed by atoms with Gasteiger partial charge < -0.3 is 20.0 Å². The number of likely N-dealkylation sites (tertiary alicyclic amines) is 2. The number of carbonyl (C=O) groups excluding carboxylic acids is 2. The van der Waals surface area contributed by atoms with Crippen molar-refractivity contribution in [1.29, 1.82) is 0 Å². The molecule has 33 heavy (non-hydrogen) atoms. The zero-order chi connectivity index (χ0) is 24.0. The molecule has 2 amide bonds. The molecule has 0 saturated carbocycles. The van der Waals surface area contributed by atoms with Gasteiger partial charge >= 0.3 is 0 Å². The van der Waals surface area contributed by atoms with Crippen molar-refractivity contribution in [2.45, 2.75) is 91.6 Å². The van der Waals surface area contributed by atoms with Crippen LogP contribution in [0.4, 0.5) is 0 Å². The predicted molar refractivity (Wildman–Crippen MR) is 135 cm³/mol. The maximum atomic E-state index is 13.7. The zero-order valence-corrected chi connectivity index (χ0v) is 22.0. The van der Waals surface area contributed by atoms with Crippen LogP contribution in [0.15, 0.2) is 0 Å². The van der Waals surface area contributed by atoms with Crippen molar-refractivity contribution in [2.24, 2.45) is 23.7 Å². The van der Waals surface area contributed by atoms with Crippen LogP contribution in [-0.4, -0.2) is 84.4 Å². The molecular formula is C27H50N4O2. The van der Waals surface area contributed by atoms with Gasteiger partial charge in [-0.1, -0.05) is 34.6 Å². The second-order valence-corrected chi connectivity index (χ2v) is 11.9. The van der Waals surface area contributed by atoms with E-state index < -0.39 is 0 Å². The summed E-state index contributed by atoms with van der Waals surface area (Å²) in [6, 6.07) is -0.454. The lowest BCUT2D eigenvalue weighted by Gasteiger charge is -2.42. The molecule has 0 aromatic carbocycles. The summed E-state index contributed by atoms with van der Waals surface area (Å²) in [5, 5.41) is 3.39. The molecule has 6 heteroatoms. The Morgan fingerprint density at radius 2 is 1.76 bits per heavy atom. The minimum Gasteiger partial charge on any atom is -0.341 e. The normalized spacial score (nSPS) is 26.9. The highest BCUT2D eigenvalue weighted by Crippen LogP contribution is 2.26. The summed E-state index contributed by atoms with van der Waals surface area (Å²) in [6.07, 6.45) is 7.78. The van der Waals surface area contributed by atoms with Crippen LogP contribution in [0.5, 0.6) is 0 Å². The molecule has 0 bridgehead atoms. The molecule has 3 saturated heterocycles. The van der Waals surface area contributed by atoms with E-state index in [1.807, 2.05) is 4.90 Å². The number of nitrogens with zero attached hydrogens (tertiary/aromatic N) is 3. The zero-order valence-electron chi connectivity index (χ0n) is 22.0. The van der Waals surface area contributed by atoms with Crippen LogP contribution in [0.25, 0.3) is 0 Å². The fraction of sp³-hybridized carbons (Fsp3) is 0.926. The first kappa shape index (κ1) is 26.5. The van der Waals surface area contributed by atoms with Gasteiger partial charge in [-0.05, 0) is 81.7 Å². The smallest absolute Gasteiger partial charge is 0.245 e. The van der Waals surface area contributed by atoms with Crippen LogP contribution >= 0.6 is 0 Å². The quantitative estimate of drug-likeness (QED) is 0.569. The summed E-state index contributed by atoms with van der Waals surface area (Å²) in [4.78, 5) is 33.6. The number of nitrogens with one attached hydrogen (secondary N) is 1. The Morgan fingerprint density at radius 1 is 1.03 bits per heavy atom. The van der Waals surface area contributed by atoms with E-state index in [0.717, 1.165) is 57.2 Å². The molecule has 6 nitrogen and oxygen atoms in total. The molecule has 3 heterocycles. The van der Waals surface area contributed by atoms with Gasteiger partial charge in [0.1, 0.15) is 6.04 Å². The number of piperidine rings is 2. The van der Waals surface area contributed by atoms with Crippen LogP contribution in [0.3, 0.4) is 0 Å². The largest absolute Gasteiger partial charge is 0.341 e. The van der Waals surface area contributed by atoms with E-state index in [9.17, 15) is 9.59 Å². The molecule has 3 atom stereocenters. The van der Waals surface area contributed by atoms with Crippen LogP contribution in [0.1, 0.15) is 79.6 Å². The van der Waals surface area contributed by atoms with E-state index >= 15 is 0 Å². The van der Waals surface area contributed by atoms with Crippen molar-refractivity contribution >= 4 is 11.8 Å². The second-order valence-electron chi connectivity index (χ2n) is 11.9. The minimum atomic E-state index is -0.305. The topological polar surface area (TPSA) is 55.9 Å². The third-order valence-corrected chi connectivity index (χ3v) is 7.91. The van der Waals surface area contributed by atoms with Gasteiger partial charge in [0.05, 0.1) is 6.04 Å². The first-order valence-corrected chi connectivity index (χ1v) is 13.8. The summed E-state index contributed by atoms with van der Waals surface area (Å²) < 4.78 is 0. The Balaban J connectivity index is 1.54. The van der Waals surface area contributed by atoms with E-state index in [2.05, 4.69) is 49.7 Å². The highest BCUT2D eigenvalue weighted by atomic mass is 16.2. The molecule has 1 N–H and O–H groups in total. The Morgan fingerprint density at radius 3 is 2.39 bits per heavy atom. The molecule has 0 aromatic heterocycles. The van der Waals surface area contributed by atoms with E-state index in [1.165, 1.54) is 38.9 Å². The number of amides is 2. The van der Waals surface area contributed by atoms with Gasteiger partial charge in [-0.3, -0.25) is 9.59 Å². The maximum Gasteiger partial charge on any atom is 0.245 e. The van der Waals surface area contributed by atoms with Crippen LogP contribution in [-0.2, 0) is 9.59 Å². The fourth-order valence-corrected chi connectivity index (χ4v) is 6.04. The Hall–Kier alpha value is -1.14. The third kappa shape index (κ3) is 7.68. The van der Waals surface area contributed by atoms with Gasteiger partial charge in [0.2, 0.25) is 11.8 Å². The number of hydrogen-bond donors (Lipinski definition) is 1. The first-order chi connectivity index (χ1) is 15.7. The predicted octanol–water partition coefficient (Wildman–Crippen LogP) is 3.61. The average Bonchev–Trinajstić information content (AvgIpc) is 2.77. The lowest BCUT2D eigenvalue weighted by atomic mass is 9.91. The molecule has 0 unspecified atom stereocenters.